The van der Waals surface area contributed by atoms with Crippen molar-refractivity contribution >= 4 is 31.4 Å². The van der Waals surface area contributed by atoms with Gasteiger partial charge < -0.3 is 9.64 Å². The highest BCUT2D eigenvalue weighted by Crippen LogP contribution is 2.39. The Bertz CT molecular complexity index is 322. The average Bonchev–Trinajstić information content (AvgIpc) is 2.71. The molecule has 0 aromatic heterocycles. The number of hydrogen-bond donors (Lipinski definition) is 0. The molecule has 94 valence electrons. The lowest BCUT2D eigenvalue weighted by Crippen LogP contribution is -2.54. The van der Waals surface area contributed by atoms with E-state index in [2.05, 4.69) is 4.90 Å². The third-order valence-corrected chi connectivity index (χ3v) is 4.91. The van der Waals surface area contributed by atoms with Crippen LogP contribution in [0, 0.1) is 17.8 Å². The molecule has 3 rings (SSSR count). The molecular formula is C13H19B4NO. The van der Waals surface area contributed by atoms with Gasteiger partial charge in [0.25, 0.3) is 0 Å². The number of fused-ring (bicyclic) bond motifs is 1. The van der Waals surface area contributed by atoms with E-state index in [0.29, 0.717) is 18.8 Å². The van der Waals surface area contributed by atoms with E-state index in [-0.39, 0.29) is 0 Å². The molecular weight excluding hydrogens is 229 g/mol. The van der Waals surface area contributed by atoms with E-state index in [1.807, 2.05) is 0 Å². The lowest BCUT2D eigenvalue weighted by atomic mass is 9.51. The molecule has 1 aliphatic carbocycles. The van der Waals surface area contributed by atoms with Crippen LogP contribution in [0.4, 0.5) is 0 Å². The van der Waals surface area contributed by atoms with Crippen LogP contribution in [-0.4, -0.2) is 66.7 Å². The van der Waals surface area contributed by atoms with Crippen molar-refractivity contribution in [1.82, 2.24) is 4.90 Å². The highest BCUT2D eigenvalue weighted by molar-refractivity contribution is 6.42. The number of rotatable bonds is 2. The molecule has 2 unspecified atom stereocenters. The molecule has 2 aliphatic heterocycles. The number of nitrogens with zero attached hydrogens (tertiary/aromatic N) is 1. The predicted octanol–water partition coefficient (Wildman–Crippen LogP) is 0.126. The summed E-state index contributed by atoms with van der Waals surface area (Å²) < 4.78 is 5.32. The third kappa shape index (κ3) is 3.26. The van der Waals surface area contributed by atoms with E-state index in [0.717, 1.165) is 18.4 Å². The van der Waals surface area contributed by atoms with Crippen LogP contribution in [-0.2, 0) is 4.74 Å². The van der Waals surface area contributed by atoms with Crippen LogP contribution >= 0.6 is 0 Å². The van der Waals surface area contributed by atoms with Gasteiger partial charge in [0.1, 0.15) is 0 Å². The minimum absolute atomic E-state index is 0.317. The van der Waals surface area contributed by atoms with Crippen molar-refractivity contribution in [2.24, 2.45) is 17.8 Å². The van der Waals surface area contributed by atoms with Gasteiger partial charge in [-0.25, -0.2) is 0 Å². The molecule has 0 spiro atoms. The van der Waals surface area contributed by atoms with Gasteiger partial charge in [-0.2, -0.15) is 0 Å². The smallest absolute Gasteiger partial charge is 0.0992 e. The van der Waals surface area contributed by atoms with E-state index in [1.165, 1.54) is 32.4 Å². The van der Waals surface area contributed by atoms with Gasteiger partial charge in [-0.15, -0.1) is 0 Å². The molecule has 2 atom stereocenters. The summed E-state index contributed by atoms with van der Waals surface area (Å²) in [5, 5.41) is -2.38. The van der Waals surface area contributed by atoms with Gasteiger partial charge in [0, 0.05) is 19.6 Å². The van der Waals surface area contributed by atoms with Crippen molar-refractivity contribution < 1.29 is 4.74 Å². The predicted molar refractivity (Wildman–Crippen MR) is 79.6 cm³/mol. The summed E-state index contributed by atoms with van der Waals surface area (Å²) in [4.78, 5) is 2.54. The molecule has 8 radical (unpaired) electrons. The first kappa shape index (κ1) is 14.1. The van der Waals surface area contributed by atoms with Crippen LogP contribution in [0.5, 0.6) is 0 Å². The van der Waals surface area contributed by atoms with E-state index in [4.69, 9.17) is 36.1 Å². The van der Waals surface area contributed by atoms with Crippen LogP contribution in [0.1, 0.15) is 32.1 Å². The molecule has 1 saturated carbocycles. The Morgan fingerprint density at radius 1 is 0.947 bits per heavy atom. The molecule has 19 heavy (non-hydrogen) atoms. The normalized spacial score (nSPS) is 38.3. The quantitative estimate of drug-likeness (QED) is 0.644. The summed E-state index contributed by atoms with van der Waals surface area (Å²) in [6.45, 7) is 3.42. The van der Waals surface area contributed by atoms with Gasteiger partial charge in [-0.1, -0.05) is 6.42 Å². The Labute approximate surface area is 122 Å². The number of likely N-dealkylation sites (tertiary alicyclic amines) is 1. The van der Waals surface area contributed by atoms with E-state index >= 15 is 0 Å². The summed E-state index contributed by atoms with van der Waals surface area (Å²) in [6, 6.07) is 0. The number of ether oxygens (including phenoxy) is 1. The second kappa shape index (κ2) is 4.87. The molecule has 2 nitrogen and oxygen atoms in total. The fourth-order valence-corrected chi connectivity index (χ4v) is 4.39. The fraction of sp³-hybridized carbons (Fsp3) is 1.00. The Morgan fingerprint density at radius 2 is 1.47 bits per heavy atom. The second-order valence-electron chi connectivity index (χ2n) is 6.96. The lowest BCUT2D eigenvalue weighted by molar-refractivity contribution is -0.0431. The minimum Gasteiger partial charge on any atom is -0.407 e. The zero-order chi connectivity index (χ0) is 13.7. The molecule has 3 fully saturated rings. The van der Waals surface area contributed by atoms with Crippen molar-refractivity contribution in [3.8, 4) is 0 Å². The monoisotopic (exact) mass is 249 g/mol. The van der Waals surface area contributed by atoms with Gasteiger partial charge in [-0.3, -0.25) is 0 Å². The standard InChI is InChI=1S/C13H19B4NO/c14-12(15)4-9(5-13(16,17)19-12)6-18-7-10-2-1-3-11(10)8-18/h9-11H,1-8H2. The Morgan fingerprint density at radius 3 is 2.00 bits per heavy atom. The van der Waals surface area contributed by atoms with Crippen LogP contribution < -0.4 is 0 Å². The maximum atomic E-state index is 5.89. The van der Waals surface area contributed by atoms with E-state index < -0.39 is 10.8 Å². The molecule has 0 amide bonds. The summed E-state index contributed by atoms with van der Waals surface area (Å²) in [5.74, 6) is 2.12. The first-order chi connectivity index (χ1) is 8.83. The minimum atomic E-state index is -1.19. The number of hydrogen-bond acceptors (Lipinski definition) is 2. The second-order valence-corrected chi connectivity index (χ2v) is 6.96. The van der Waals surface area contributed by atoms with Gasteiger partial charge in [0.15, 0.2) is 0 Å². The maximum Gasteiger partial charge on any atom is 0.0992 e. The molecule has 0 bridgehead atoms. The molecule has 0 N–H and O–H groups in total. The topological polar surface area (TPSA) is 12.5 Å². The lowest BCUT2D eigenvalue weighted by Gasteiger charge is -2.48. The highest BCUT2D eigenvalue weighted by Gasteiger charge is 2.41. The van der Waals surface area contributed by atoms with Crippen molar-refractivity contribution in [2.45, 2.75) is 42.9 Å². The average molecular weight is 249 g/mol. The summed E-state index contributed by atoms with van der Waals surface area (Å²) in [6.07, 6.45) is 5.43. The van der Waals surface area contributed by atoms with E-state index in [9.17, 15) is 0 Å². The zero-order valence-corrected chi connectivity index (χ0v) is 11.6. The Balaban J connectivity index is 1.58. The van der Waals surface area contributed by atoms with Crippen molar-refractivity contribution in [1.29, 1.82) is 0 Å². The SMILES string of the molecule is [B]C1([B])CC(CN2CC3CCCC3C2)CC([B])([B])O1. The molecule has 2 saturated heterocycles. The highest BCUT2D eigenvalue weighted by atomic mass is 16.5. The summed E-state index contributed by atoms with van der Waals surface area (Å²) in [5.41, 5.74) is 0. The van der Waals surface area contributed by atoms with Gasteiger partial charge in [0.2, 0.25) is 0 Å². The Kier molecular flexibility index (Phi) is 3.62. The molecule has 2 heterocycles. The first-order valence-corrected chi connectivity index (χ1v) is 7.41. The van der Waals surface area contributed by atoms with E-state index in [1.54, 1.807) is 0 Å². The van der Waals surface area contributed by atoms with Crippen LogP contribution in [0.15, 0.2) is 0 Å². The molecule has 0 aromatic rings. The van der Waals surface area contributed by atoms with Crippen LogP contribution in [0.3, 0.4) is 0 Å². The fourth-order valence-electron chi connectivity index (χ4n) is 4.39. The van der Waals surface area contributed by atoms with Crippen molar-refractivity contribution in [3.05, 3.63) is 0 Å². The van der Waals surface area contributed by atoms with Crippen molar-refractivity contribution in [3.63, 3.8) is 0 Å². The Hall–Kier alpha value is 0.180. The first-order valence-electron chi connectivity index (χ1n) is 7.41. The summed E-state index contributed by atoms with van der Waals surface area (Å²) in [7, 11) is 23.5. The van der Waals surface area contributed by atoms with Crippen LogP contribution in [0.2, 0.25) is 0 Å². The summed E-state index contributed by atoms with van der Waals surface area (Å²) >= 11 is 0. The van der Waals surface area contributed by atoms with Gasteiger partial charge in [-0.05, 0) is 54.2 Å². The third-order valence-electron chi connectivity index (χ3n) is 4.91. The molecule has 0 aromatic carbocycles. The van der Waals surface area contributed by atoms with Gasteiger partial charge in [0.05, 0.1) is 31.4 Å². The molecule has 3 aliphatic rings. The largest absolute Gasteiger partial charge is 0.407 e. The molecule has 6 heteroatoms. The van der Waals surface area contributed by atoms with Crippen LogP contribution in [0.25, 0.3) is 0 Å². The van der Waals surface area contributed by atoms with Crippen molar-refractivity contribution in [2.75, 3.05) is 19.6 Å². The van der Waals surface area contributed by atoms with Gasteiger partial charge >= 0.3 is 0 Å². The zero-order valence-electron chi connectivity index (χ0n) is 11.6. The maximum absolute atomic E-state index is 5.89.